The second-order valence-corrected chi connectivity index (χ2v) is 4.02. The summed E-state index contributed by atoms with van der Waals surface area (Å²) >= 11 is 0. The number of amides is 1. The van der Waals surface area contributed by atoms with Gasteiger partial charge >= 0.3 is 0 Å². The zero-order valence-electron chi connectivity index (χ0n) is 9.24. The number of hydrogen-bond acceptors (Lipinski definition) is 3. The molecule has 0 aliphatic carbocycles. The van der Waals surface area contributed by atoms with E-state index in [4.69, 9.17) is 0 Å². The summed E-state index contributed by atoms with van der Waals surface area (Å²) in [4.78, 5) is 11.3. The van der Waals surface area contributed by atoms with Crippen LogP contribution in [0, 0.1) is 6.92 Å². The fourth-order valence-corrected chi connectivity index (χ4v) is 1.94. The summed E-state index contributed by atoms with van der Waals surface area (Å²) in [5.41, 5.74) is 2.11. The lowest BCUT2D eigenvalue weighted by Crippen LogP contribution is -2.53. The highest BCUT2D eigenvalue weighted by molar-refractivity contribution is 5.82. The third-order valence-corrected chi connectivity index (χ3v) is 2.72. The van der Waals surface area contributed by atoms with E-state index in [2.05, 4.69) is 15.7 Å². The van der Waals surface area contributed by atoms with Crippen molar-refractivity contribution in [3.63, 3.8) is 0 Å². The molecule has 1 aromatic rings. The molecule has 1 aliphatic heterocycles. The standard InChI is InChI=1S/C10H16N4O/c1-6-4-9(14(3)13-6)8-5-11-10(15)7(2)12-8/h4,7-8,12H,5H2,1-3H3,(H,11,15). The quantitative estimate of drug-likeness (QED) is 0.676. The molecule has 0 radical (unpaired) electrons. The molecule has 1 fully saturated rings. The molecule has 1 amide bonds. The van der Waals surface area contributed by atoms with Crippen LogP contribution in [0.2, 0.25) is 0 Å². The Morgan fingerprint density at radius 2 is 2.33 bits per heavy atom. The van der Waals surface area contributed by atoms with Gasteiger partial charge in [-0.1, -0.05) is 0 Å². The number of carbonyl (C=O) groups excluding carboxylic acids is 1. The van der Waals surface area contributed by atoms with E-state index < -0.39 is 0 Å². The molecule has 2 unspecified atom stereocenters. The smallest absolute Gasteiger partial charge is 0.236 e. The number of nitrogens with zero attached hydrogens (tertiary/aromatic N) is 2. The van der Waals surface area contributed by atoms with E-state index in [0.29, 0.717) is 6.54 Å². The Hall–Kier alpha value is -1.36. The van der Waals surface area contributed by atoms with Crippen molar-refractivity contribution in [2.45, 2.75) is 25.9 Å². The summed E-state index contributed by atoms with van der Waals surface area (Å²) in [5.74, 6) is 0.0603. The lowest BCUT2D eigenvalue weighted by molar-refractivity contribution is -0.124. The summed E-state index contributed by atoms with van der Waals surface area (Å²) in [6.07, 6.45) is 0. The number of hydrogen-bond donors (Lipinski definition) is 2. The highest BCUT2D eigenvalue weighted by Crippen LogP contribution is 2.15. The van der Waals surface area contributed by atoms with E-state index in [1.807, 2.05) is 31.6 Å². The summed E-state index contributed by atoms with van der Waals surface area (Å²) < 4.78 is 1.86. The molecule has 15 heavy (non-hydrogen) atoms. The van der Waals surface area contributed by atoms with Gasteiger partial charge in [-0.25, -0.2) is 0 Å². The van der Waals surface area contributed by atoms with E-state index in [-0.39, 0.29) is 18.0 Å². The maximum atomic E-state index is 11.3. The third-order valence-electron chi connectivity index (χ3n) is 2.72. The molecule has 1 aromatic heterocycles. The summed E-state index contributed by atoms with van der Waals surface area (Å²) in [5, 5.41) is 10.4. The van der Waals surface area contributed by atoms with E-state index in [1.54, 1.807) is 0 Å². The van der Waals surface area contributed by atoms with Crippen molar-refractivity contribution in [3.8, 4) is 0 Å². The second-order valence-electron chi connectivity index (χ2n) is 4.02. The molecule has 2 rings (SSSR count). The van der Waals surface area contributed by atoms with Gasteiger partial charge in [-0.3, -0.25) is 14.8 Å². The average Bonchev–Trinajstić information content (AvgIpc) is 2.50. The fourth-order valence-electron chi connectivity index (χ4n) is 1.94. The molecule has 2 heterocycles. The highest BCUT2D eigenvalue weighted by atomic mass is 16.2. The molecule has 5 nitrogen and oxygen atoms in total. The van der Waals surface area contributed by atoms with Gasteiger partial charge in [0.1, 0.15) is 0 Å². The number of rotatable bonds is 1. The largest absolute Gasteiger partial charge is 0.353 e. The zero-order valence-corrected chi connectivity index (χ0v) is 9.24. The van der Waals surface area contributed by atoms with Crippen LogP contribution in [0.15, 0.2) is 6.07 Å². The monoisotopic (exact) mass is 208 g/mol. The van der Waals surface area contributed by atoms with Crippen molar-refractivity contribution in [1.82, 2.24) is 20.4 Å². The van der Waals surface area contributed by atoms with E-state index >= 15 is 0 Å². The van der Waals surface area contributed by atoms with Crippen molar-refractivity contribution in [2.24, 2.45) is 7.05 Å². The number of nitrogens with one attached hydrogen (secondary N) is 2. The van der Waals surface area contributed by atoms with E-state index in [0.717, 1.165) is 11.4 Å². The predicted octanol–water partition coefficient (Wildman–Crippen LogP) is -0.122. The normalized spacial score (nSPS) is 26.5. The van der Waals surface area contributed by atoms with Crippen LogP contribution in [0.3, 0.4) is 0 Å². The third kappa shape index (κ3) is 1.87. The summed E-state index contributed by atoms with van der Waals surface area (Å²) in [6, 6.07) is 2.06. The molecule has 0 aromatic carbocycles. The number of piperazine rings is 1. The van der Waals surface area contributed by atoms with Crippen LogP contribution in [0.1, 0.15) is 24.4 Å². The van der Waals surface area contributed by atoms with Gasteiger partial charge in [-0.2, -0.15) is 5.10 Å². The molecule has 5 heteroatoms. The maximum Gasteiger partial charge on any atom is 0.236 e. The first kappa shape index (κ1) is 10.2. The summed E-state index contributed by atoms with van der Waals surface area (Å²) in [7, 11) is 1.92. The van der Waals surface area contributed by atoms with Gasteiger partial charge in [0.25, 0.3) is 0 Å². The van der Waals surface area contributed by atoms with Crippen LogP contribution < -0.4 is 10.6 Å². The fraction of sp³-hybridized carbons (Fsp3) is 0.600. The van der Waals surface area contributed by atoms with Gasteiger partial charge in [0.15, 0.2) is 0 Å². The van der Waals surface area contributed by atoms with Gasteiger partial charge < -0.3 is 5.32 Å². The topological polar surface area (TPSA) is 59.0 Å². The van der Waals surface area contributed by atoms with E-state index in [1.165, 1.54) is 0 Å². The first-order valence-corrected chi connectivity index (χ1v) is 5.12. The Kier molecular flexibility index (Phi) is 2.48. The Bertz CT molecular complexity index is 385. The lowest BCUT2D eigenvalue weighted by atomic mass is 10.1. The summed E-state index contributed by atoms with van der Waals surface area (Å²) in [6.45, 7) is 4.46. The number of carbonyl (C=O) groups is 1. The van der Waals surface area contributed by atoms with Crippen LogP contribution in [0.4, 0.5) is 0 Å². The first-order valence-electron chi connectivity index (χ1n) is 5.12. The lowest BCUT2D eigenvalue weighted by Gasteiger charge is -2.28. The molecule has 2 N–H and O–H groups in total. The molecule has 2 atom stereocenters. The molecule has 82 valence electrons. The minimum absolute atomic E-state index is 0.0603. The highest BCUT2D eigenvalue weighted by Gasteiger charge is 2.26. The molecule has 1 saturated heterocycles. The molecule has 1 aliphatic rings. The van der Waals surface area contributed by atoms with Gasteiger partial charge in [0.2, 0.25) is 5.91 Å². The number of aryl methyl sites for hydroxylation is 2. The van der Waals surface area contributed by atoms with Crippen molar-refractivity contribution in [3.05, 3.63) is 17.5 Å². The zero-order chi connectivity index (χ0) is 11.0. The Morgan fingerprint density at radius 1 is 1.60 bits per heavy atom. The van der Waals surface area contributed by atoms with Crippen LogP contribution in [0.25, 0.3) is 0 Å². The molecule has 0 spiro atoms. The van der Waals surface area contributed by atoms with Gasteiger partial charge in [0, 0.05) is 13.6 Å². The molecular weight excluding hydrogens is 192 g/mol. The second kappa shape index (κ2) is 3.66. The van der Waals surface area contributed by atoms with Crippen molar-refractivity contribution in [2.75, 3.05) is 6.54 Å². The van der Waals surface area contributed by atoms with Gasteiger partial charge in [-0.05, 0) is 19.9 Å². The van der Waals surface area contributed by atoms with Gasteiger partial charge in [-0.15, -0.1) is 0 Å². The Morgan fingerprint density at radius 3 is 2.87 bits per heavy atom. The minimum atomic E-state index is -0.140. The number of aromatic nitrogens is 2. The van der Waals surface area contributed by atoms with Crippen molar-refractivity contribution >= 4 is 5.91 Å². The van der Waals surface area contributed by atoms with Crippen LogP contribution in [0.5, 0.6) is 0 Å². The van der Waals surface area contributed by atoms with Crippen molar-refractivity contribution in [1.29, 1.82) is 0 Å². The van der Waals surface area contributed by atoms with Crippen molar-refractivity contribution < 1.29 is 4.79 Å². The molecule has 0 bridgehead atoms. The Balaban J connectivity index is 2.18. The SMILES string of the molecule is Cc1cc(C2CNC(=O)C(C)N2)n(C)n1. The van der Waals surface area contributed by atoms with Crippen LogP contribution >= 0.6 is 0 Å². The molecular formula is C10H16N4O. The average molecular weight is 208 g/mol. The maximum absolute atomic E-state index is 11.3. The molecule has 0 saturated carbocycles. The first-order chi connectivity index (χ1) is 7.08. The Labute approximate surface area is 88.8 Å². The predicted molar refractivity (Wildman–Crippen MR) is 56.3 cm³/mol. The van der Waals surface area contributed by atoms with Crippen LogP contribution in [-0.2, 0) is 11.8 Å². The minimum Gasteiger partial charge on any atom is -0.353 e. The van der Waals surface area contributed by atoms with Crippen LogP contribution in [-0.4, -0.2) is 28.3 Å². The van der Waals surface area contributed by atoms with E-state index in [9.17, 15) is 4.79 Å². The van der Waals surface area contributed by atoms with Gasteiger partial charge in [0.05, 0.1) is 23.5 Å².